The summed E-state index contributed by atoms with van der Waals surface area (Å²) in [4.78, 5) is 1.26. The smallest absolute Gasteiger partial charge is 0.0810 e. The van der Waals surface area contributed by atoms with E-state index in [4.69, 9.17) is 10.5 Å². The van der Waals surface area contributed by atoms with Crippen LogP contribution in [0.2, 0.25) is 0 Å². The lowest BCUT2D eigenvalue weighted by Crippen LogP contribution is -2.46. The average molecular weight is 304 g/mol. The van der Waals surface area contributed by atoms with Gasteiger partial charge in [-0.05, 0) is 40.9 Å². The largest absolute Gasteiger partial charge is 0.374 e. The van der Waals surface area contributed by atoms with Crippen LogP contribution in [-0.4, -0.2) is 12.1 Å². The van der Waals surface area contributed by atoms with Gasteiger partial charge in [0, 0.05) is 10.4 Å². The first-order valence-electron chi connectivity index (χ1n) is 5.79. The monoisotopic (exact) mass is 303 g/mol. The van der Waals surface area contributed by atoms with E-state index in [0.717, 1.165) is 16.6 Å². The number of nitrogens with two attached hydrogens (primary N) is 1. The molecule has 0 aromatic carbocycles. The third-order valence-corrected chi connectivity index (χ3v) is 4.71. The zero-order chi connectivity index (χ0) is 11.4. The molecule has 2 rings (SSSR count). The topological polar surface area (TPSA) is 35.2 Å². The second-order valence-corrected chi connectivity index (χ2v) is 7.17. The summed E-state index contributed by atoms with van der Waals surface area (Å²) in [5, 5.41) is 0. The number of rotatable bonds is 4. The van der Waals surface area contributed by atoms with E-state index in [1.54, 1.807) is 11.3 Å². The summed E-state index contributed by atoms with van der Waals surface area (Å²) in [5.74, 6) is 0. The molecular weight excluding hydrogens is 286 g/mol. The number of halogens is 1. The summed E-state index contributed by atoms with van der Waals surface area (Å²) in [6.07, 6.45) is 6.06. The van der Waals surface area contributed by atoms with Crippen LogP contribution in [0.4, 0.5) is 0 Å². The predicted octanol–water partition coefficient (Wildman–Crippen LogP) is 3.69. The molecule has 0 atom stereocenters. The normalized spacial score (nSPS) is 19.9. The maximum Gasteiger partial charge on any atom is 0.0810 e. The summed E-state index contributed by atoms with van der Waals surface area (Å²) in [7, 11) is 0. The van der Waals surface area contributed by atoms with Gasteiger partial charge in [0.25, 0.3) is 0 Å². The molecule has 90 valence electrons. The van der Waals surface area contributed by atoms with Crippen LogP contribution in [0.15, 0.2) is 15.9 Å². The highest BCUT2D eigenvalue weighted by atomic mass is 79.9. The molecule has 0 radical (unpaired) electrons. The van der Waals surface area contributed by atoms with Crippen molar-refractivity contribution in [1.82, 2.24) is 0 Å². The Kier molecular flexibility index (Phi) is 4.41. The third kappa shape index (κ3) is 3.55. The molecule has 1 saturated carbocycles. The van der Waals surface area contributed by atoms with Crippen LogP contribution in [-0.2, 0) is 11.3 Å². The van der Waals surface area contributed by atoms with E-state index in [0.29, 0.717) is 13.2 Å². The van der Waals surface area contributed by atoms with E-state index < -0.39 is 0 Å². The van der Waals surface area contributed by atoms with Crippen molar-refractivity contribution in [3.05, 3.63) is 20.8 Å². The lowest BCUT2D eigenvalue weighted by molar-refractivity contribution is 0.0588. The molecule has 0 unspecified atom stereocenters. The van der Waals surface area contributed by atoms with Crippen molar-refractivity contribution in [1.29, 1.82) is 0 Å². The third-order valence-electron chi connectivity index (χ3n) is 3.11. The SMILES string of the molecule is NC1(COCc2ccc(Br)s2)CCCCC1. The van der Waals surface area contributed by atoms with E-state index in [1.807, 2.05) is 0 Å². The van der Waals surface area contributed by atoms with Crippen molar-refractivity contribution in [2.24, 2.45) is 5.73 Å². The van der Waals surface area contributed by atoms with Crippen LogP contribution >= 0.6 is 27.3 Å². The second kappa shape index (κ2) is 5.63. The van der Waals surface area contributed by atoms with Crippen LogP contribution in [0.25, 0.3) is 0 Å². The van der Waals surface area contributed by atoms with E-state index in [-0.39, 0.29) is 5.54 Å². The maximum atomic E-state index is 6.30. The van der Waals surface area contributed by atoms with Gasteiger partial charge in [0.1, 0.15) is 0 Å². The molecule has 0 amide bonds. The number of hydrogen-bond acceptors (Lipinski definition) is 3. The lowest BCUT2D eigenvalue weighted by Gasteiger charge is -2.32. The molecular formula is C12H18BrNOS. The standard InChI is InChI=1S/C12H18BrNOS/c13-11-5-4-10(16-11)8-15-9-12(14)6-2-1-3-7-12/h4-5H,1-3,6-9,14H2. The molecule has 1 heterocycles. The Morgan fingerprint density at radius 1 is 1.31 bits per heavy atom. The van der Waals surface area contributed by atoms with Crippen LogP contribution in [0, 0.1) is 0 Å². The highest BCUT2D eigenvalue weighted by Gasteiger charge is 2.27. The predicted molar refractivity (Wildman–Crippen MR) is 71.7 cm³/mol. The maximum absolute atomic E-state index is 6.30. The molecule has 0 aliphatic heterocycles. The van der Waals surface area contributed by atoms with Gasteiger partial charge in [-0.1, -0.05) is 19.3 Å². The van der Waals surface area contributed by atoms with Gasteiger partial charge in [-0.2, -0.15) is 0 Å². The summed E-state index contributed by atoms with van der Waals surface area (Å²) >= 11 is 5.17. The number of ether oxygens (including phenoxy) is 1. The van der Waals surface area contributed by atoms with Gasteiger partial charge in [0.2, 0.25) is 0 Å². The van der Waals surface area contributed by atoms with Gasteiger partial charge < -0.3 is 10.5 Å². The average Bonchev–Trinajstić information content (AvgIpc) is 2.65. The second-order valence-electron chi connectivity index (χ2n) is 4.62. The van der Waals surface area contributed by atoms with Crippen LogP contribution in [0.1, 0.15) is 37.0 Å². The van der Waals surface area contributed by atoms with Crippen LogP contribution < -0.4 is 5.73 Å². The first kappa shape index (κ1) is 12.6. The molecule has 1 aliphatic rings. The molecule has 16 heavy (non-hydrogen) atoms. The minimum atomic E-state index is -0.0628. The van der Waals surface area contributed by atoms with Crippen molar-refractivity contribution >= 4 is 27.3 Å². The van der Waals surface area contributed by atoms with Crippen molar-refractivity contribution in [3.63, 3.8) is 0 Å². The Morgan fingerprint density at radius 3 is 2.69 bits per heavy atom. The van der Waals surface area contributed by atoms with Crippen molar-refractivity contribution in [2.75, 3.05) is 6.61 Å². The zero-order valence-electron chi connectivity index (χ0n) is 9.38. The van der Waals surface area contributed by atoms with Gasteiger partial charge in [0.15, 0.2) is 0 Å². The quantitative estimate of drug-likeness (QED) is 0.921. The number of hydrogen-bond donors (Lipinski definition) is 1. The summed E-state index contributed by atoms with van der Waals surface area (Å²) in [5.41, 5.74) is 6.23. The molecule has 0 spiro atoms. The Bertz CT molecular complexity index is 334. The Morgan fingerprint density at radius 2 is 2.06 bits per heavy atom. The molecule has 1 aliphatic carbocycles. The summed E-state index contributed by atoms with van der Waals surface area (Å²) in [6.45, 7) is 1.39. The molecule has 0 bridgehead atoms. The highest BCUT2D eigenvalue weighted by molar-refractivity contribution is 9.11. The van der Waals surface area contributed by atoms with Crippen molar-refractivity contribution < 1.29 is 4.74 Å². The fourth-order valence-electron chi connectivity index (χ4n) is 2.18. The van der Waals surface area contributed by atoms with Gasteiger partial charge in [-0.25, -0.2) is 0 Å². The van der Waals surface area contributed by atoms with Gasteiger partial charge >= 0.3 is 0 Å². The summed E-state index contributed by atoms with van der Waals surface area (Å²) < 4.78 is 6.90. The minimum Gasteiger partial charge on any atom is -0.374 e. The van der Waals surface area contributed by atoms with Crippen LogP contribution in [0.5, 0.6) is 0 Å². The number of thiophene rings is 1. The van der Waals surface area contributed by atoms with E-state index in [1.165, 1.54) is 24.1 Å². The molecule has 4 heteroatoms. The first-order valence-corrected chi connectivity index (χ1v) is 7.40. The van der Waals surface area contributed by atoms with Crippen molar-refractivity contribution in [2.45, 2.75) is 44.2 Å². The fourth-order valence-corrected chi connectivity index (χ4v) is 3.61. The fraction of sp³-hybridized carbons (Fsp3) is 0.667. The highest BCUT2D eigenvalue weighted by Crippen LogP contribution is 2.27. The van der Waals surface area contributed by atoms with E-state index >= 15 is 0 Å². The Balaban J connectivity index is 1.74. The van der Waals surface area contributed by atoms with E-state index in [2.05, 4.69) is 28.1 Å². The first-order chi connectivity index (χ1) is 7.68. The molecule has 0 saturated heterocycles. The molecule has 1 aromatic rings. The molecule has 1 aromatic heterocycles. The summed E-state index contributed by atoms with van der Waals surface area (Å²) in [6, 6.07) is 4.15. The zero-order valence-corrected chi connectivity index (χ0v) is 11.8. The van der Waals surface area contributed by atoms with Gasteiger partial charge in [-0.3, -0.25) is 0 Å². The Hall–Kier alpha value is 0.1000. The lowest BCUT2D eigenvalue weighted by atomic mass is 9.83. The van der Waals surface area contributed by atoms with Gasteiger partial charge in [-0.15, -0.1) is 11.3 Å². The van der Waals surface area contributed by atoms with E-state index in [9.17, 15) is 0 Å². The van der Waals surface area contributed by atoms with Crippen molar-refractivity contribution in [3.8, 4) is 0 Å². The van der Waals surface area contributed by atoms with Crippen LogP contribution in [0.3, 0.4) is 0 Å². The molecule has 2 nitrogen and oxygen atoms in total. The minimum absolute atomic E-state index is 0.0628. The van der Waals surface area contributed by atoms with Gasteiger partial charge in [0.05, 0.1) is 17.0 Å². The molecule has 2 N–H and O–H groups in total. The molecule has 1 fully saturated rings. The Labute approximate surface area is 109 Å².